The van der Waals surface area contributed by atoms with Crippen LogP contribution in [0.25, 0.3) is 0 Å². The predicted molar refractivity (Wildman–Crippen MR) is 78.2 cm³/mol. The molecule has 0 radical (unpaired) electrons. The molecule has 2 aromatic rings. The Morgan fingerprint density at radius 2 is 1.85 bits per heavy atom. The first kappa shape index (κ1) is 13.3. The van der Waals surface area contributed by atoms with Crippen molar-refractivity contribution < 1.29 is 5.11 Å². The Labute approximate surface area is 119 Å². The lowest BCUT2D eigenvalue weighted by molar-refractivity contribution is 0.110. The minimum Gasteiger partial charge on any atom is -0.393 e. The van der Waals surface area contributed by atoms with Gasteiger partial charge in [0, 0.05) is 6.04 Å². The van der Waals surface area contributed by atoms with E-state index in [1.165, 1.54) is 0 Å². The summed E-state index contributed by atoms with van der Waals surface area (Å²) in [5.41, 5.74) is 8.54. The number of hydrogen-bond acceptors (Lipinski definition) is 3. The summed E-state index contributed by atoms with van der Waals surface area (Å²) in [7, 11) is 0. The highest BCUT2D eigenvalue weighted by atomic mass is 16.3. The zero-order valence-electron chi connectivity index (χ0n) is 11.5. The van der Waals surface area contributed by atoms with Gasteiger partial charge in [0.15, 0.2) is 0 Å². The summed E-state index contributed by atoms with van der Waals surface area (Å²) in [6, 6.07) is 10.4. The van der Waals surface area contributed by atoms with E-state index in [1.807, 2.05) is 42.9 Å². The van der Waals surface area contributed by atoms with E-state index in [9.17, 15) is 5.11 Å². The highest BCUT2D eigenvalue weighted by Crippen LogP contribution is 2.31. The Kier molecular flexibility index (Phi) is 3.85. The Balaban J connectivity index is 1.83. The van der Waals surface area contributed by atoms with Crippen molar-refractivity contribution in [3.63, 3.8) is 0 Å². The zero-order valence-corrected chi connectivity index (χ0v) is 11.5. The van der Waals surface area contributed by atoms with Gasteiger partial charge in [-0.1, -0.05) is 30.3 Å². The van der Waals surface area contributed by atoms with Crippen LogP contribution in [0.15, 0.2) is 42.9 Å². The van der Waals surface area contributed by atoms with Crippen molar-refractivity contribution in [2.24, 2.45) is 5.73 Å². The molecular weight excluding hydrogens is 250 g/mol. The van der Waals surface area contributed by atoms with Crippen LogP contribution in [0.4, 0.5) is 0 Å². The number of nitrogens with two attached hydrogens (primary N) is 1. The molecule has 4 nitrogen and oxygen atoms in total. The van der Waals surface area contributed by atoms with Crippen LogP contribution >= 0.6 is 0 Å². The van der Waals surface area contributed by atoms with Crippen LogP contribution < -0.4 is 5.73 Å². The van der Waals surface area contributed by atoms with Crippen LogP contribution in [-0.2, 0) is 0 Å². The highest BCUT2D eigenvalue weighted by molar-refractivity contribution is 5.26. The first-order chi connectivity index (χ1) is 9.75. The maximum Gasteiger partial charge on any atom is 0.0951 e. The third kappa shape index (κ3) is 2.62. The van der Waals surface area contributed by atoms with Crippen LogP contribution in [0.3, 0.4) is 0 Å². The summed E-state index contributed by atoms with van der Waals surface area (Å²) in [5.74, 6) is 0. The van der Waals surface area contributed by atoms with E-state index in [0.29, 0.717) is 6.04 Å². The normalized spacial score (nSPS) is 24.5. The van der Waals surface area contributed by atoms with Crippen LogP contribution in [0.5, 0.6) is 0 Å². The van der Waals surface area contributed by atoms with Gasteiger partial charge in [0.2, 0.25) is 0 Å². The van der Waals surface area contributed by atoms with Gasteiger partial charge in [-0.2, -0.15) is 0 Å². The average Bonchev–Trinajstić information content (AvgIpc) is 2.97. The topological polar surface area (TPSA) is 64.1 Å². The lowest BCUT2D eigenvalue weighted by Crippen LogP contribution is -2.24. The molecule has 1 aliphatic carbocycles. The zero-order chi connectivity index (χ0) is 13.9. The van der Waals surface area contributed by atoms with Gasteiger partial charge in [0.1, 0.15) is 0 Å². The third-order valence-electron chi connectivity index (χ3n) is 4.23. The van der Waals surface area contributed by atoms with Gasteiger partial charge in [-0.25, -0.2) is 4.98 Å². The molecule has 1 aromatic heterocycles. The first-order valence-corrected chi connectivity index (χ1v) is 7.26. The van der Waals surface area contributed by atoms with E-state index in [1.54, 1.807) is 0 Å². The van der Waals surface area contributed by atoms with Gasteiger partial charge < -0.3 is 15.4 Å². The maximum atomic E-state index is 9.63. The molecule has 3 rings (SSSR count). The van der Waals surface area contributed by atoms with E-state index < -0.39 is 0 Å². The molecule has 1 aromatic carbocycles. The first-order valence-electron chi connectivity index (χ1n) is 7.26. The minimum atomic E-state index is -0.148. The van der Waals surface area contributed by atoms with Crippen molar-refractivity contribution in [1.29, 1.82) is 0 Å². The Hall–Kier alpha value is -1.65. The number of rotatable bonds is 3. The summed E-state index contributed by atoms with van der Waals surface area (Å²) < 4.78 is 2.20. The average molecular weight is 271 g/mol. The number of imidazole rings is 1. The fourth-order valence-electron chi connectivity index (χ4n) is 3.03. The standard InChI is InChI=1S/C16H21N3O/c17-16(12-4-2-1-3-5-12)15-10-18-11-19(15)13-6-8-14(20)9-7-13/h1-5,10-11,13-14,16,20H,6-9,17H2. The number of aliphatic hydroxyl groups is 1. The number of hydrogen-bond donors (Lipinski definition) is 2. The van der Waals surface area contributed by atoms with Crippen molar-refractivity contribution in [1.82, 2.24) is 9.55 Å². The van der Waals surface area contributed by atoms with E-state index in [0.717, 1.165) is 36.9 Å². The summed E-state index contributed by atoms with van der Waals surface area (Å²) in [5, 5.41) is 9.63. The summed E-state index contributed by atoms with van der Waals surface area (Å²) in [6.07, 6.45) is 7.31. The van der Waals surface area contributed by atoms with Gasteiger partial charge in [0.05, 0.1) is 30.4 Å². The number of nitrogens with zero attached hydrogens (tertiary/aromatic N) is 2. The van der Waals surface area contributed by atoms with Crippen LogP contribution in [0.1, 0.15) is 49.0 Å². The number of aromatic nitrogens is 2. The van der Waals surface area contributed by atoms with E-state index >= 15 is 0 Å². The molecule has 0 amide bonds. The number of aliphatic hydroxyl groups excluding tert-OH is 1. The predicted octanol–water partition coefficient (Wildman–Crippen LogP) is 2.41. The molecule has 4 heteroatoms. The van der Waals surface area contributed by atoms with Gasteiger partial charge in [-0.05, 0) is 31.2 Å². The molecule has 3 N–H and O–H groups in total. The molecule has 20 heavy (non-hydrogen) atoms. The van der Waals surface area contributed by atoms with E-state index in [4.69, 9.17) is 5.73 Å². The van der Waals surface area contributed by atoms with Crippen LogP contribution in [0.2, 0.25) is 0 Å². The van der Waals surface area contributed by atoms with E-state index in [-0.39, 0.29) is 12.1 Å². The van der Waals surface area contributed by atoms with Gasteiger partial charge in [-0.15, -0.1) is 0 Å². The minimum absolute atomic E-state index is 0.138. The number of benzene rings is 1. The fraction of sp³-hybridized carbons (Fsp3) is 0.438. The lowest BCUT2D eigenvalue weighted by atomic mass is 9.92. The van der Waals surface area contributed by atoms with Gasteiger partial charge in [0.25, 0.3) is 0 Å². The molecule has 1 aliphatic rings. The largest absolute Gasteiger partial charge is 0.393 e. The molecule has 106 valence electrons. The van der Waals surface area contributed by atoms with Crippen molar-refractivity contribution >= 4 is 0 Å². The molecule has 1 atom stereocenters. The SMILES string of the molecule is NC(c1ccccc1)c1cncn1C1CCC(O)CC1. The van der Waals surface area contributed by atoms with Gasteiger partial charge in [-0.3, -0.25) is 0 Å². The fourth-order valence-corrected chi connectivity index (χ4v) is 3.03. The van der Waals surface area contributed by atoms with Crippen molar-refractivity contribution in [3.8, 4) is 0 Å². The van der Waals surface area contributed by atoms with Crippen molar-refractivity contribution in [3.05, 3.63) is 54.1 Å². The quantitative estimate of drug-likeness (QED) is 0.901. The Morgan fingerprint density at radius 3 is 2.55 bits per heavy atom. The van der Waals surface area contributed by atoms with Crippen molar-refractivity contribution in [2.75, 3.05) is 0 Å². The molecule has 1 unspecified atom stereocenters. The molecule has 1 fully saturated rings. The Morgan fingerprint density at radius 1 is 1.15 bits per heavy atom. The second-order valence-corrected chi connectivity index (χ2v) is 5.58. The molecule has 0 aliphatic heterocycles. The molecule has 0 spiro atoms. The molecule has 0 bridgehead atoms. The summed E-state index contributed by atoms with van der Waals surface area (Å²) >= 11 is 0. The second kappa shape index (κ2) is 5.77. The van der Waals surface area contributed by atoms with Crippen LogP contribution in [0, 0.1) is 0 Å². The molecular formula is C16H21N3O. The van der Waals surface area contributed by atoms with Crippen LogP contribution in [-0.4, -0.2) is 20.8 Å². The molecule has 1 saturated carbocycles. The third-order valence-corrected chi connectivity index (χ3v) is 4.23. The van der Waals surface area contributed by atoms with E-state index in [2.05, 4.69) is 9.55 Å². The van der Waals surface area contributed by atoms with Gasteiger partial charge >= 0.3 is 0 Å². The van der Waals surface area contributed by atoms with Crippen molar-refractivity contribution in [2.45, 2.75) is 43.9 Å². The Bertz CT molecular complexity index is 544. The lowest BCUT2D eigenvalue weighted by Gasteiger charge is -2.29. The monoisotopic (exact) mass is 271 g/mol. The maximum absolute atomic E-state index is 9.63. The molecule has 1 heterocycles. The molecule has 0 saturated heterocycles. The summed E-state index contributed by atoms with van der Waals surface area (Å²) in [6.45, 7) is 0. The second-order valence-electron chi connectivity index (χ2n) is 5.58. The smallest absolute Gasteiger partial charge is 0.0951 e. The highest BCUT2D eigenvalue weighted by Gasteiger charge is 2.24. The summed E-state index contributed by atoms with van der Waals surface area (Å²) in [4.78, 5) is 4.28.